The van der Waals surface area contributed by atoms with Gasteiger partial charge in [0.1, 0.15) is 23.1 Å². The number of methoxy groups -OCH3 is 1. The lowest BCUT2D eigenvalue weighted by Crippen LogP contribution is -2.20. The average molecular weight is 356 g/mol. The topological polar surface area (TPSA) is 21.3 Å². The van der Waals surface area contributed by atoms with Crippen molar-refractivity contribution in [3.05, 3.63) is 58.1 Å². The molecule has 0 aromatic heterocycles. The van der Waals surface area contributed by atoms with Gasteiger partial charge in [0, 0.05) is 10.5 Å². The second kappa shape index (κ2) is 6.89. The number of para-hydroxylation sites is 1. The highest BCUT2D eigenvalue weighted by atomic mass is 79.9. The first-order chi connectivity index (χ1) is 10.0. The van der Waals surface area contributed by atoms with E-state index in [-0.39, 0.29) is 11.7 Å². The fourth-order valence-electron chi connectivity index (χ4n) is 2.18. The minimum absolute atomic E-state index is 0.111. The molecule has 0 amide bonds. The monoisotopic (exact) mass is 355 g/mol. The van der Waals surface area contributed by atoms with Crippen LogP contribution in [0.2, 0.25) is 0 Å². The van der Waals surface area contributed by atoms with Crippen LogP contribution in [0, 0.1) is 11.6 Å². The van der Waals surface area contributed by atoms with Crippen LogP contribution in [0.15, 0.2) is 40.9 Å². The van der Waals surface area contributed by atoms with Crippen LogP contribution in [-0.4, -0.2) is 13.2 Å². The normalized spacial score (nSPS) is 12.0. The van der Waals surface area contributed by atoms with E-state index in [0.29, 0.717) is 10.9 Å². The molecular weight excluding hydrogens is 340 g/mol. The van der Waals surface area contributed by atoms with Gasteiger partial charge in [-0.25, -0.2) is 8.78 Å². The number of ether oxygens (including phenoxy) is 1. The van der Waals surface area contributed by atoms with Crippen LogP contribution in [0.25, 0.3) is 0 Å². The minimum Gasteiger partial charge on any atom is -0.496 e. The summed E-state index contributed by atoms with van der Waals surface area (Å²) in [6.45, 7) is 1.87. The van der Waals surface area contributed by atoms with E-state index in [4.69, 9.17) is 4.74 Å². The summed E-state index contributed by atoms with van der Waals surface area (Å²) in [7, 11) is 1.60. The standard InChI is InChI=1S/C16H16BrF2NO/c1-10(7-11-5-3-4-6-15(11)21-2)20-16-13(18)8-12(17)9-14(16)19/h3-6,8-10,20H,7H2,1-2H3. The summed E-state index contributed by atoms with van der Waals surface area (Å²) in [4.78, 5) is 0. The Hall–Kier alpha value is -1.62. The van der Waals surface area contributed by atoms with Crippen molar-refractivity contribution in [1.82, 2.24) is 0 Å². The number of anilines is 1. The summed E-state index contributed by atoms with van der Waals surface area (Å²) in [5.41, 5.74) is 0.874. The number of hydrogen-bond donors (Lipinski definition) is 1. The molecule has 1 atom stereocenters. The molecule has 0 aliphatic heterocycles. The molecule has 0 aliphatic carbocycles. The lowest BCUT2D eigenvalue weighted by atomic mass is 10.1. The number of hydrogen-bond acceptors (Lipinski definition) is 2. The second-order valence-corrected chi connectivity index (χ2v) is 5.72. The number of benzene rings is 2. The quantitative estimate of drug-likeness (QED) is 0.833. The van der Waals surface area contributed by atoms with Gasteiger partial charge in [-0.3, -0.25) is 0 Å². The number of nitrogens with one attached hydrogen (secondary N) is 1. The Morgan fingerprint density at radius 2 is 1.81 bits per heavy atom. The molecule has 2 aromatic carbocycles. The van der Waals surface area contributed by atoms with E-state index in [2.05, 4.69) is 21.2 Å². The molecule has 0 saturated heterocycles. The lowest BCUT2D eigenvalue weighted by Gasteiger charge is -2.18. The zero-order chi connectivity index (χ0) is 15.4. The second-order valence-electron chi connectivity index (χ2n) is 4.81. The van der Waals surface area contributed by atoms with Crippen LogP contribution in [-0.2, 0) is 6.42 Å². The first kappa shape index (κ1) is 15.8. The molecule has 112 valence electrons. The molecule has 0 radical (unpaired) electrons. The summed E-state index contributed by atoms with van der Waals surface area (Å²) in [5, 5.41) is 2.88. The van der Waals surface area contributed by atoms with Gasteiger partial charge in [0.25, 0.3) is 0 Å². The van der Waals surface area contributed by atoms with E-state index in [1.807, 2.05) is 31.2 Å². The Balaban J connectivity index is 2.14. The molecule has 1 N–H and O–H groups in total. The molecule has 0 heterocycles. The zero-order valence-corrected chi connectivity index (χ0v) is 13.4. The molecule has 2 nitrogen and oxygen atoms in total. The number of halogens is 3. The third-order valence-electron chi connectivity index (χ3n) is 3.12. The maximum Gasteiger partial charge on any atom is 0.150 e. The van der Waals surface area contributed by atoms with E-state index < -0.39 is 11.6 Å². The molecule has 0 fully saturated rings. The van der Waals surface area contributed by atoms with Gasteiger partial charge in [0.05, 0.1) is 7.11 Å². The van der Waals surface area contributed by atoms with Crippen molar-refractivity contribution in [3.63, 3.8) is 0 Å². The summed E-state index contributed by atoms with van der Waals surface area (Å²) >= 11 is 3.06. The highest BCUT2D eigenvalue weighted by Crippen LogP contribution is 2.26. The van der Waals surface area contributed by atoms with Gasteiger partial charge < -0.3 is 10.1 Å². The van der Waals surface area contributed by atoms with E-state index in [1.54, 1.807) is 7.11 Å². The summed E-state index contributed by atoms with van der Waals surface area (Å²) < 4.78 is 33.3. The van der Waals surface area contributed by atoms with Crippen molar-refractivity contribution in [2.75, 3.05) is 12.4 Å². The maximum absolute atomic E-state index is 13.8. The third-order valence-corrected chi connectivity index (χ3v) is 3.57. The molecule has 5 heteroatoms. The minimum atomic E-state index is -0.617. The SMILES string of the molecule is COc1ccccc1CC(C)Nc1c(F)cc(Br)cc1F. The Labute approximate surface area is 131 Å². The van der Waals surface area contributed by atoms with Crippen LogP contribution < -0.4 is 10.1 Å². The molecule has 2 rings (SSSR count). The average Bonchev–Trinajstić information content (AvgIpc) is 2.43. The first-order valence-electron chi connectivity index (χ1n) is 6.54. The lowest BCUT2D eigenvalue weighted by molar-refractivity contribution is 0.408. The van der Waals surface area contributed by atoms with Gasteiger partial charge in [0.15, 0.2) is 0 Å². The van der Waals surface area contributed by atoms with Gasteiger partial charge in [-0.15, -0.1) is 0 Å². The van der Waals surface area contributed by atoms with Crippen molar-refractivity contribution in [2.45, 2.75) is 19.4 Å². The fraction of sp³-hybridized carbons (Fsp3) is 0.250. The van der Waals surface area contributed by atoms with Gasteiger partial charge in [-0.2, -0.15) is 0 Å². The van der Waals surface area contributed by atoms with E-state index in [9.17, 15) is 8.78 Å². The van der Waals surface area contributed by atoms with Crippen molar-refractivity contribution < 1.29 is 13.5 Å². The van der Waals surface area contributed by atoms with Crippen molar-refractivity contribution >= 4 is 21.6 Å². The molecule has 21 heavy (non-hydrogen) atoms. The largest absolute Gasteiger partial charge is 0.496 e. The van der Waals surface area contributed by atoms with Gasteiger partial charge in [-0.05, 0) is 37.1 Å². The van der Waals surface area contributed by atoms with E-state index in [0.717, 1.165) is 11.3 Å². The van der Waals surface area contributed by atoms with E-state index >= 15 is 0 Å². The van der Waals surface area contributed by atoms with Gasteiger partial charge >= 0.3 is 0 Å². The maximum atomic E-state index is 13.8. The molecule has 0 bridgehead atoms. The predicted molar refractivity (Wildman–Crippen MR) is 83.8 cm³/mol. The van der Waals surface area contributed by atoms with Crippen LogP contribution in [0.1, 0.15) is 12.5 Å². The molecule has 0 saturated carbocycles. The summed E-state index contributed by atoms with van der Waals surface area (Å²) in [5.74, 6) is -0.467. The number of rotatable bonds is 5. The molecule has 0 spiro atoms. The van der Waals surface area contributed by atoms with Crippen molar-refractivity contribution in [2.24, 2.45) is 0 Å². The van der Waals surface area contributed by atoms with Gasteiger partial charge in [0.2, 0.25) is 0 Å². The Kier molecular flexibility index (Phi) is 5.17. The molecule has 2 aromatic rings. The van der Waals surface area contributed by atoms with Gasteiger partial charge in [-0.1, -0.05) is 34.1 Å². The predicted octanol–water partition coefficient (Wildman–Crippen LogP) is 4.78. The smallest absolute Gasteiger partial charge is 0.150 e. The van der Waals surface area contributed by atoms with Crippen LogP contribution >= 0.6 is 15.9 Å². The zero-order valence-electron chi connectivity index (χ0n) is 11.8. The van der Waals surface area contributed by atoms with Crippen LogP contribution in [0.4, 0.5) is 14.5 Å². The molecule has 0 aliphatic rings. The summed E-state index contributed by atoms with van der Waals surface area (Å²) in [6, 6.07) is 9.92. The Morgan fingerprint density at radius 1 is 1.19 bits per heavy atom. The van der Waals surface area contributed by atoms with E-state index in [1.165, 1.54) is 12.1 Å². The molecular formula is C16H16BrF2NO. The Morgan fingerprint density at radius 3 is 2.43 bits per heavy atom. The first-order valence-corrected chi connectivity index (χ1v) is 7.33. The summed E-state index contributed by atoms with van der Waals surface area (Å²) in [6.07, 6.45) is 0.596. The highest BCUT2D eigenvalue weighted by Gasteiger charge is 2.14. The Bertz CT molecular complexity index is 610. The van der Waals surface area contributed by atoms with Crippen molar-refractivity contribution in [1.29, 1.82) is 0 Å². The highest BCUT2D eigenvalue weighted by molar-refractivity contribution is 9.10. The fourth-order valence-corrected chi connectivity index (χ4v) is 2.58. The van der Waals surface area contributed by atoms with Crippen LogP contribution in [0.3, 0.4) is 0 Å². The van der Waals surface area contributed by atoms with Crippen molar-refractivity contribution in [3.8, 4) is 5.75 Å². The van der Waals surface area contributed by atoms with Crippen LogP contribution in [0.5, 0.6) is 5.75 Å². The third kappa shape index (κ3) is 3.94. The molecule has 1 unspecified atom stereocenters.